The highest BCUT2D eigenvalue weighted by molar-refractivity contribution is 5.81. The average molecular weight is 253 g/mol. The molecule has 0 saturated heterocycles. The molecule has 0 N–H and O–H groups in total. The van der Waals surface area contributed by atoms with Crippen LogP contribution in [-0.2, 0) is 13.0 Å². The summed E-state index contributed by atoms with van der Waals surface area (Å²) in [5.41, 5.74) is 1.20. The predicted molar refractivity (Wildman–Crippen MR) is 72.7 cm³/mol. The smallest absolute Gasteiger partial charge is 0.151 e. The third-order valence-corrected chi connectivity index (χ3v) is 3.12. The molecule has 96 valence electrons. The van der Waals surface area contributed by atoms with Crippen molar-refractivity contribution in [3.8, 4) is 0 Å². The molecule has 3 rings (SSSR count). The lowest BCUT2D eigenvalue weighted by molar-refractivity contribution is 0.613. The summed E-state index contributed by atoms with van der Waals surface area (Å²) < 4.78 is 1.87. The predicted octanol–water partition coefficient (Wildman–Crippen LogP) is 2.22. The Morgan fingerprint density at radius 2 is 2.11 bits per heavy atom. The second-order valence-electron chi connectivity index (χ2n) is 4.56. The Kier molecular flexibility index (Phi) is 3.18. The molecule has 0 saturated carbocycles. The second kappa shape index (κ2) is 5.14. The zero-order valence-electron chi connectivity index (χ0n) is 10.8. The van der Waals surface area contributed by atoms with Gasteiger partial charge in [0.2, 0.25) is 0 Å². The van der Waals surface area contributed by atoms with Gasteiger partial charge >= 0.3 is 0 Å². The van der Waals surface area contributed by atoms with Crippen molar-refractivity contribution in [2.24, 2.45) is 0 Å². The van der Waals surface area contributed by atoms with Crippen molar-refractivity contribution in [2.75, 3.05) is 0 Å². The van der Waals surface area contributed by atoms with Crippen LogP contribution >= 0.6 is 0 Å². The fourth-order valence-electron chi connectivity index (χ4n) is 2.15. The third kappa shape index (κ3) is 2.45. The summed E-state index contributed by atoms with van der Waals surface area (Å²) in [4.78, 5) is 4.12. The van der Waals surface area contributed by atoms with Gasteiger partial charge in [-0.15, -0.1) is 5.10 Å². The number of hydrogen-bond acceptors (Lipinski definition) is 4. The largest absolute Gasteiger partial charge is 0.264 e. The SMILES string of the molecule is CCCc1nnnn1Cc1ccc2cnccc2c1. The molecule has 0 aliphatic rings. The van der Waals surface area contributed by atoms with E-state index in [0.29, 0.717) is 6.54 Å². The third-order valence-electron chi connectivity index (χ3n) is 3.12. The maximum absolute atomic E-state index is 4.12. The van der Waals surface area contributed by atoms with Gasteiger partial charge in [-0.1, -0.05) is 19.1 Å². The fraction of sp³-hybridized carbons (Fsp3) is 0.286. The second-order valence-corrected chi connectivity index (χ2v) is 4.56. The maximum Gasteiger partial charge on any atom is 0.151 e. The first kappa shape index (κ1) is 11.8. The number of hydrogen-bond donors (Lipinski definition) is 0. The van der Waals surface area contributed by atoms with Crippen LogP contribution in [0.25, 0.3) is 10.8 Å². The van der Waals surface area contributed by atoms with Gasteiger partial charge in [0.15, 0.2) is 5.82 Å². The van der Waals surface area contributed by atoms with E-state index in [-0.39, 0.29) is 0 Å². The molecule has 0 bridgehead atoms. The summed E-state index contributed by atoms with van der Waals surface area (Å²) >= 11 is 0. The lowest BCUT2D eigenvalue weighted by Gasteiger charge is -2.05. The Balaban J connectivity index is 1.90. The number of aromatic nitrogens is 5. The van der Waals surface area contributed by atoms with Crippen LogP contribution in [0.5, 0.6) is 0 Å². The zero-order valence-corrected chi connectivity index (χ0v) is 10.8. The molecule has 0 fully saturated rings. The number of nitrogens with zero attached hydrogens (tertiary/aromatic N) is 5. The van der Waals surface area contributed by atoms with E-state index < -0.39 is 0 Å². The van der Waals surface area contributed by atoms with Crippen molar-refractivity contribution >= 4 is 10.8 Å². The average Bonchev–Trinajstić information content (AvgIpc) is 2.86. The van der Waals surface area contributed by atoms with Gasteiger partial charge in [0.1, 0.15) is 0 Å². The highest BCUT2D eigenvalue weighted by Crippen LogP contribution is 2.15. The van der Waals surface area contributed by atoms with Crippen LogP contribution in [0.4, 0.5) is 0 Å². The fourth-order valence-corrected chi connectivity index (χ4v) is 2.15. The number of tetrazole rings is 1. The van der Waals surface area contributed by atoms with Crippen LogP contribution < -0.4 is 0 Å². The topological polar surface area (TPSA) is 56.5 Å². The minimum atomic E-state index is 0.709. The molecule has 0 atom stereocenters. The molecular formula is C14H15N5. The van der Waals surface area contributed by atoms with Gasteiger partial charge in [0, 0.05) is 24.2 Å². The van der Waals surface area contributed by atoms with Gasteiger partial charge in [-0.2, -0.15) is 0 Å². The quantitative estimate of drug-likeness (QED) is 0.715. The van der Waals surface area contributed by atoms with Crippen molar-refractivity contribution in [3.63, 3.8) is 0 Å². The van der Waals surface area contributed by atoms with Crippen molar-refractivity contribution in [2.45, 2.75) is 26.3 Å². The summed E-state index contributed by atoms with van der Waals surface area (Å²) in [6, 6.07) is 8.36. The lowest BCUT2D eigenvalue weighted by atomic mass is 10.1. The molecule has 5 nitrogen and oxygen atoms in total. The van der Waals surface area contributed by atoms with Crippen molar-refractivity contribution in [3.05, 3.63) is 48.0 Å². The molecule has 0 aliphatic heterocycles. The van der Waals surface area contributed by atoms with Gasteiger partial charge in [-0.25, -0.2) is 4.68 Å². The molecule has 0 unspecified atom stereocenters. The van der Waals surface area contributed by atoms with E-state index in [0.717, 1.165) is 24.1 Å². The zero-order chi connectivity index (χ0) is 13.1. The summed E-state index contributed by atoms with van der Waals surface area (Å²) in [7, 11) is 0. The number of rotatable bonds is 4. The molecule has 2 aromatic heterocycles. The highest BCUT2D eigenvalue weighted by Gasteiger charge is 2.06. The van der Waals surface area contributed by atoms with E-state index in [2.05, 4.69) is 45.6 Å². The Labute approximate surface area is 111 Å². The van der Waals surface area contributed by atoms with Gasteiger partial charge in [0.25, 0.3) is 0 Å². The Morgan fingerprint density at radius 1 is 1.16 bits per heavy atom. The Bertz CT molecular complexity index is 689. The van der Waals surface area contributed by atoms with E-state index in [1.807, 2.05) is 23.1 Å². The van der Waals surface area contributed by atoms with Crippen LogP contribution in [0.1, 0.15) is 24.7 Å². The molecule has 0 spiro atoms. The first-order valence-corrected chi connectivity index (χ1v) is 6.44. The summed E-state index contributed by atoms with van der Waals surface area (Å²) in [6.07, 6.45) is 5.64. The lowest BCUT2D eigenvalue weighted by Crippen LogP contribution is -2.07. The van der Waals surface area contributed by atoms with E-state index in [1.54, 1.807) is 0 Å². The number of aryl methyl sites for hydroxylation is 1. The highest BCUT2D eigenvalue weighted by atomic mass is 15.5. The minimum Gasteiger partial charge on any atom is -0.264 e. The Morgan fingerprint density at radius 3 is 3.00 bits per heavy atom. The van der Waals surface area contributed by atoms with Crippen LogP contribution in [0.15, 0.2) is 36.7 Å². The van der Waals surface area contributed by atoms with Crippen LogP contribution in [0.2, 0.25) is 0 Å². The number of benzene rings is 1. The van der Waals surface area contributed by atoms with E-state index >= 15 is 0 Å². The van der Waals surface area contributed by atoms with Gasteiger partial charge < -0.3 is 0 Å². The summed E-state index contributed by atoms with van der Waals surface area (Å²) in [5, 5.41) is 14.2. The van der Waals surface area contributed by atoms with Crippen molar-refractivity contribution < 1.29 is 0 Å². The summed E-state index contributed by atoms with van der Waals surface area (Å²) in [5.74, 6) is 0.942. The van der Waals surface area contributed by atoms with Gasteiger partial charge in [0.05, 0.1) is 6.54 Å². The van der Waals surface area contributed by atoms with Gasteiger partial charge in [-0.3, -0.25) is 4.98 Å². The summed E-state index contributed by atoms with van der Waals surface area (Å²) in [6.45, 7) is 2.84. The molecule has 19 heavy (non-hydrogen) atoms. The Hall–Kier alpha value is -2.30. The molecule has 0 aliphatic carbocycles. The molecule has 0 amide bonds. The van der Waals surface area contributed by atoms with Crippen molar-refractivity contribution in [1.29, 1.82) is 0 Å². The molecular weight excluding hydrogens is 238 g/mol. The van der Waals surface area contributed by atoms with E-state index in [9.17, 15) is 0 Å². The molecule has 2 heterocycles. The first-order valence-electron chi connectivity index (χ1n) is 6.44. The van der Waals surface area contributed by atoms with E-state index in [4.69, 9.17) is 0 Å². The molecule has 5 heteroatoms. The number of fused-ring (bicyclic) bond motifs is 1. The monoisotopic (exact) mass is 253 g/mol. The van der Waals surface area contributed by atoms with Crippen LogP contribution in [-0.4, -0.2) is 25.2 Å². The molecule has 0 radical (unpaired) electrons. The first-order chi connectivity index (χ1) is 9.36. The van der Waals surface area contributed by atoms with Crippen LogP contribution in [0.3, 0.4) is 0 Å². The molecule has 1 aromatic carbocycles. The minimum absolute atomic E-state index is 0.709. The maximum atomic E-state index is 4.12. The normalized spacial score (nSPS) is 11.0. The van der Waals surface area contributed by atoms with Crippen LogP contribution in [0, 0.1) is 0 Å². The standard InChI is InChI=1S/C14H15N5/c1-2-3-14-16-17-18-19(14)10-11-4-5-13-9-15-7-6-12(13)8-11/h4-9H,2-3,10H2,1H3. The van der Waals surface area contributed by atoms with Crippen molar-refractivity contribution in [1.82, 2.24) is 25.2 Å². The number of pyridine rings is 1. The molecule has 3 aromatic rings. The van der Waals surface area contributed by atoms with E-state index in [1.165, 1.54) is 10.9 Å². The van der Waals surface area contributed by atoms with Gasteiger partial charge in [-0.05, 0) is 39.9 Å².